The summed E-state index contributed by atoms with van der Waals surface area (Å²) in [5.41, 5.74) is 1.65. The number of amides is 1. The molecule has 0 bridgehead atoms. The van der Waals surface area contributed by atoms with Crippen molar-refractivity contribution in [2.75, 3.05) is 18.0 Å². The highest BCUT2D eigenvalue weighted by atomic mass is 35.5. The van der Waals surface area contributed by atoms with Gasteiger partial charge in [0.15, 0.2) is 0 Å². The third kappa shape index (κ3) is 5.65. The number of anilines is 1. The summed E-state index contributed by atoms with van der Waals surface area (Å²) in [6.45, 7) is 10.7. The molecule has 3 heterocycles. The molecule has 0 atom stereocenters. The zero-order valence-corrected chi connectivity index (χ0v) is 21.8. The van der Waals surface area contributed by atoms with Gasteiger partial charge >= 0.3 is 6.09 Å². The van der Waals surface area contributed by atoms with Gasteiger partial charge in [0.1, 0.15) is 11.3 Å². The highest BCUT2D eigenvalue weighted by Crippen LogP contribution is 2.39. The molecule has 2 aromatic heterocycles. The molecule has 0 radical (unpaired) electrons. The minimum absolute atomic E-state index is 0.330. The molecule has 1 fully saturated rings. The van der Waals surface area contributed by atoms with Crippen LogP contribution >= 0.6 is 23.2 Å². The van der Waals surface area contributed by atoms with Gasteiger partial charge in [-0.1, -0.05) is 35.3 Å². The van der Waals surface area contributed by atoms with Gasteiger partial charge in [-0.25, -0.2) is 14.8 Å². The maximum absolute atomic E-state index is 12.3. The van der Waals surface area contributed by atoms with Gasteiger partial charge in [-0.05, 0) is 58.7 Å². The van der Waals surface area contributed by atoms with Gasteiger partial charge < -0.3 is 15.0 Å². The number of aromatic nitrogens is 6. The second-order valence-corrected chi connectivity index (χ2v) is 10.6. The molecule has 1 aliphatic heterocycles. The van der Waals surface area contributed by atoms with Crippen LogP contribution in [0.1, 0.15) is 46.2 Å². The van der Waals surface area contributed by atoms with E-state index in [2.05, 4.69) is 30.8 Å². The number of nitrogens with one attached hydrogen (secondary N) is 2. The first-order chi connectivity index (χ1) is 16.5. The number of hydrogen-bond acceptors (Lipinski definition) is 8. The maximum Gasteiger partial charge on any atom is 0.408 e. The zero-order valence-electron chi connectivity index (χ0n) is 20.3. The van der Waals surface area contributed by atoms with Crippen molar-refractivity contribution in [3.05, 3.63) is 33.9 Å². The van der Waals surface area contributed by atoms with Crippen LogP contribution in [0, 0.1) is 6.92 Å². The minimum Gasteiger partial charge on any atom is -0.444 e. The molecule has 1 aromatic carbocycles. The fourth-order valence-electron chi connectivity index (χ4n) is 4.02. The van der Waals surface area contributed by atoms with Crippen LogP contribution < -0.4 is 10.2 Å². The van der Waals surface area contributed by atoms with Crippen molar-refractivity contribution in [1.29, 1.82) is 0 Å². The van der Waals surface area contributed by atoms with Gasteiger partial charge in [-0.2, -0.15) is 5.21 Å². The van der Waals surface area contributed by atoms with Gasteiger partial charge in [0.05, 0.1) is 15.7 Å². The summed E-state index contributed by atoms with van der Waals surface area (Å²) in [5.74, 6) is 0.875. The number of H-pyrrole nitrogens is 1. The third-order valence-electron chi connectivity index (χ3n) is 5.81. The molecular formula is C23H28Cl2N8O2. The van der Waals surface area contributed by atoms with Gasteiger partial charge in [-0.3, -0.25) is 0 Å². The number of benzene rings is 1. The number of carbonyl (C=O) groups excluding carboxylic acids is 1. The SMILES string of the molecule is Cc1nc(N2CCC(C)(NC(=O)OC(C)(C)C)CC2)nc(-c2nn[nH]n2)c1-c1cccc(Cl)c1Cl. The van der Waals surface area contributed by atoms with E-state index in [1.54, 1.807) is 6.07 Å². The van der Waals surface area contributed by atoms with Crippen LogP contribution in [0.15, 0.2) is 18.2 Å². The molecule has 1 aliphatic rings. The predicted octanol–water partition coefficient (Wildman–Crippen LogP) is 4.82. The molecule has 12 heteroatoms. The number of nitrogens with zero attached hydrogens (tertiary/aromatic N) is 6. The van der Waals surface area contributed by atoms with Crippen LogP contribution in [0.4, 0.5) is 10.7 Å². The first-order valence-corrected chi connectivity index (χ1v) is 12.0. The van der Waals surface area contributed by atoms with Gasteiger partial charge in [-0.15, -0.1) is 10.2 Å². The lowest BCUT2D eigenvalue weighted by Gasteiger charge is -2.40. The predicted molar refractivity (Wildman–Crippen MR) is 135 cm³/mol. The Labute approximate surface area is 213 Å². The lowest BCUT2D eigenvalue weighted by molar-refractivity contribution is 0.0448. The van der Waals surface area contributed by atoms with E-state index >= 15 is 0 Å². The number of aromatic amines is 1. The first-order valence-electron chi connectivity index (χ1n) is 11.3. The zero-order chi connectivity index (χ0) is 25.4. The molecule has 4 rings (SSSR count). The molecule has 3 aromatic rings. The average molecular weight is 519 g/mol. The van der Waals surface area contributed by atoms with Crippen molar-refractivity contribution >= 4 is 35.2 Å². The standard InChI is InChI=1S/C23H28Cl2N8O2/c1-13-16(14-7-6-8-15(24)17(14)25)18(19-29-31-32-30-19)27-20(26-13)33-11-9-23(5,10-12-33)28-21(34)35-22(2,3)4/h6-8H,9-12H2,1-5H3,(H,28,34)(H,29,30,31,32). The molecular weight excluding hydrogens is 491 g/mol. The summed E-state index contributed by atoms with van der Waals surface area (Å²) in [6, 6.07) is 5.40. The number of ether oxygens (including phenoxy) is 1. The van der Waals surface area contributed by atoms with Crippen LogP contribution in [0.5, 0.6) is 0 Å². The number of carbonyl (C=O) groups is 1. The summed E-state index contributed by atoms with van der Waals surface area (Å²) in [7, 11) is 0. The first kappa shape index (κ1) is 25.1. The van der Waals surface area contributed by atoms with Gasteiger partial charge in [0.25, 0.3) is 0 Å². The Morgan fingerprint density at radius 1 is 1.20 bits per heavy atom. The lowest BCUT2D eigenvalue weighted by Crippen LogP contribution is -2.54. The van der Waals surface area contributed by atoms with E-state index in [9.17, 15) is 4.79 Å². The highest BCUT2D eigenvalue weighted by molar-refractivity contribution is 6.43. The molecule has 10 nitrogen and oxygen atoms in total. The number of piperidine rings is 1. The summed E-state index contributed by atoms with van der Waals surface area (Å²) in [6.07, 6.45) is 0.991. The second-order valence-electron chi connectivity index (χ2n) is 9.84. The van der Waals surface area contributed by atoms with Crippen molar-refractivity contribution in [2.24, 2.45) is 0 Å². The van der Waals surface area contributed by atoms with E-state index in [0.717, 1.165) is 0 Å². The monoisotopic (exact) mass is 518 g/mol. The Kier molecular flexibility index (Phi) is 6.88. The van der Waals surface area contributed by atoms with Crippen LogP contribution in [0.2, 0.25) is 10.0 Å². The molecule has 1 saturated heterocycles. The summed E-state index contributed by atoms with van der Waals surface area (Å²) < 4.78 is 5.43. The molecule has 1 amide bonds. The number of tetrazole rings is 1. The highest BCUT2D eigenvalue weighted by Gasteiger charge is 2.34. The Hall–Kier alpha value is -2.98. The van der Waals surface area contributed by atoms with Crippen molar-refractivity contribution in [1.82, 2.24) is 35.9 Å². The fraction of sp³-hybridized carbons (Fsp3) is 0.478. The Bertz CT molecular complexity index is 1220. The average Bonchev–Trinajstić information content (AvgIpc) is 3.29. The number of rotatable bonds is 4. The normalized spacial score (nSPS) is 15.7. The topological polar surface area (TPSA) is 122 Å². The molecule has 35 heavy (non-hydrogen) atoms. The van der Waals surface area contributed by atoms with Crippen LogP contribution in [0.3, 0.4) is 0 Å². The fourth-order valence-corrected chi connectivity index (χ4v) is 4.41. The second kappa shape index (κ2) is 9.58. The quantitative estimate of drug-likeness (QED) is 0.503. The Morgan fingerprint density at radius 3 is 2.54 bits per heavy atom. The number of aryl methyl sites for hydroxylation is 1. The largest absolute Gasteiger partial charge is 0.444 e. The van der Waals surface area contributed by atoms with E-state index in [1.807, 2.05) is 46.8 Å². The van der Waals surface area contributed by atoms with Crippen molar-refractivity contribution in [3.63, 3.8) is 0 Å². The Morgan fingerprint density at radius 2 is 1.91 bits per heavy atom. The summed E-state index contributed by atoms with van der Waals surface area (Å²) in [4.78, 5) is 24.0. The number of alkyl carbamates (subject to hydrolysis) is 1. The van der Waals surface area contributed by atoms with Crippen molar-refractivity contribution in [3.8, 4) is 22.6 Å². The van der Waals surface area contributed by atoms with Crippen LogP contribution in [-0.4, -0.2) is 60.9 Å². The molecule has 0 aliphatic carbocycles. The lowest BCUT2D eigenvalue weighted by atomic mass is 9.90. The molecule has 0 saturated carbocycles. The van der Waals surface area contributed by atoms with E-state index in [1.165, 1.54) is 0 Å². The third-order valence-corrected chi connectivity index (χ3v) is 6.63. The van der Waals surface area contributed by atoms with Gasteiger partial charge in [0, 0.05) is 29.8 Å². The van der Waals surface area contributed by atoms with Crippen LogP contribution in [-0.2, 0) is 4.74 Å². The molecule has 0 spiro atoms. The van der Waals surface area contributed by atoms with E-state index in [-0.39, 0.29) is 0 Å². The molecule has 186 valence electrons. The summed E-state index contributed by atoms with van der Waals surface area (Å²) >= 11 is 12.8. The Balaban J connectivity index is 1.62. The van der Waals surface area contributed by atoms with Gasteiger partial charge in [0.2, 0.25) is 11.8 Å². The molecule has 0 unspecified atom stereocenters. The van der Waals surface area contributed by atoms with E-state index in [0.29, 0.717) is 70.3 Å². The van der Waals surface area contributed by atoms with E-state index in [4.69, 9.17) is 37.9 Å². The molecule has 2 N–H and O–H groups in total. The van der Waals surface area contributed by atoms with Crippen molar-refractivity contribution < 1.29 is 9.53 Å². The number of hydrogen-bond donors (Lipinski definition) is 2. The summed E-state index contributed by atoms with van der Waals surface area (Å²) in [5, 5.41) is 18.3. The smallest absolute Gasteiger partial charge is 0.408 e. The van der Waals surface area contributed by atoms with Crippen molar-refractivity contribution in [2.45, 2.75) is 58.6 Å². The van der Waals surface area contributed by atoms with E-state index < -0.39 is 17.2 Å². The minimum atomic E-state index is -0.550. The van der Waals surface area contributed by atoms with Crippen LogP contribution in [0.25, 0.3) is 22.6 Å². The maximum atomic E-state index is 12.3. The number of halogens is 2.